The molecule has 1 aromatic carbocycles. The fourth-order valence-corrected chi connectivity index (χ4v) is 2.63. The van der Waals surface area contributed by atoms with Crippen LogP contribution in [-0.2, 0) is 13.8 Å². The van der Waals surface area contributed by atoms with Crippen molar-refractivity contribution in [3.63, 3.8) is 0 Å². The molecule has 1 aromatic rings. The van der Waals surface area contributed by atoms with E-state index in [1.165, 1.54) is 6.92 Å². The van der Waals surface area contributed by atoms with E-state index in [1.54, 1.807) is 6.92 Å². The lowest BCUT2D eigenvalue weighted by molar-refractivity contribution is -0.385. The molecule has 0 radical (unpaired) electrons. The molecule has 8 nitrogen and oxygen atoms in total. The second-order valence-electron chi connectivity index (χ2n) is 4.03. The predicted octanol–water partition coefficient (Wildman–Crippen LogP) is 1.35. The summed E-state index contributed by atoms with van der Waals surface area (Å²) in [6.45, 7) is 3.10. The molecule has 0 fully saturated rings. The number of rotatable bonds is 6. The molecule has 1 rings (SSSR count). The third-order valence-corrected chi connectivity index (χ3v) is 3.75. The van der Waals surface area contributed by atoms with Crippen molar-refractivity contribution in [3.8, 4) is 5.75 Å². The average molecular weight is 337 g/mol. The number of likely N-dealkylation sites (N-methyl/N-ethyl adjacent to an activating group) is 1. The first kappa shape index (κ1) is 17.2. The van der Waals surface area contributed by atoms with Gasteiger partial charge in [-0.1, -0.05) is 0 Å². The molecular formula is C11H13ClN2O6S. The molecule has 0 bridgehead atoms. The molecule has 0 unspecified atom stereocenters. The van der Waals surface area contributed by atoms with Crippen LogP contribution in [0.15, 0.2) is 17.0 Å². The summed E-state index contributed by atoms with van der Waals surface area (Å²) in [6, 6.07) is 1.93. The van der Waals surface area contributed by atoms with Gasteiger partial charge in [0.25, 0.3) is 20.6 Å². The molecular weight excluding hydrogens is 324 g/mol. The first-order valence-corrected chi connectivity index (χ1v) is 8.11. The smallest absolute Gasteiger partial charge is 0.271 e. The SMILES string of the molecule is CCNC(=O)COc1c(C)cc([N+](=O)[O-])cc1S(=O)(=O)Cl. The standard InChI is InChI=1S/C11H13ClN2O6S/c1-3-13-10(15)6-20-11-7(2)4-8(14(16)17)5-9(11)21(12,18)19/h4-5H,3,6H2,1-2H3,(H,13,15). The normalized spacial score (nSPS) is 11.0. The van der Waals surface area contributed by atoms with Gasteiger partial charge >= 0.3 is 0 Å². The first-order chi connectivity index (χ1) is 9.66. The number of aryl methyl sites for hydroxylation is 1. The van der Waals surface area contributed by atoms with Crippen molar-refractivity contribution in [2.75, 3.05) is 13.2 Å². The average Bonchev–Trinajstić information content (AvgIpc) is 2.35. The molecule has 0 heterocycles. The topological polar surface area (TPSA) is 116 Å². The second-order valence-corrected chi connectivity index (χ2v) is 6.56. The van der Waals surface area contributed by atoms with Gasteiger partial charge < -0.3 is 10.1 Å². The van der Waals surface area contributed by atoms with Crippen LogP contribution >= 0.6 is 10.7 Å². The Morgan fingerprint density at radius 2 is 2.10 bits per heavy atom. The van der Waals surface area contributed by atoms with Crippen molar-refractivity contribution in [1.82, 2.24) is 5.32 Å². The number of hydrogen-bond acceptors (Lipinski definition) is 6. The Bertz CT molecular complexity index is 674. The summed E-state index contributed by atoms with van der Waals surface area (Å²) >= 11 is 0. The zero-order valence-electron chi connectivity index (χ0n) is 11.3. The van der Waals surface area contributed by atoms with Crippen molar-refractivity contribution in [3.05, 3.63) is 27.8 Å². The van der Waals surface area contributed by atoms with E-state index in [0.717, 1.165) is 12.1 Å². The van der Waals surface area contributed by atoms with E-state index in [-0.39, 0.29) is 11.3 Å². The fraction of sp³-hybridized carbons (Fsp3) is 0.364. The highest BCUT2D eigenvalue weighted by Crippen LogP contribution is 2.34. The van der Waals surface area contributed by atoms with Crippen molar-refractivity contribution >= 4 is 31.3 Å². The number of carbonyl (C=O) groups excluding carboxylic acids is 1. The van der Waals surface area contributed by atoms with Crippen LogP contribution < -0.4 is 10.1 Å². The lowest BCUT2D eigenvalue weighted by Gasteiger charge is -2.12. The summed E-state index contributed by atoms with van der Waals surface area (Å²) < 4.78 is 28.2. The van der Waals surface area contributed by atoms with Crippen LogP contribution in [0.25, 0.3) is 0 Å². The molecule has 0 atom stereocenters. The molecule has 0 spiro atoms. The summed E-state index contributed by atoms with van der Waals surface area (Å²) in [7, 11) is 0.997. The Morgan fingerprint density at radius 3 is 2.57 bits per heavy atom. The molecule has 1 N–H and O–H groups in total. The monoisotopic (exact) mass is 336 g/mol. The van der Waals surface area contributed by atoms with E-state index in [4.69, 9.17) is 15.4 Å². The van der Waals surface area contributed by atoms with Gasteiger partial charge in [0.05, 0.1) is 4.92 Å². The number of benzene rings is 1. The van der Waals surface area contributed by atoms with Gasteiger partial charge in [0, 0.05) is 29.4 Å². The van der Waals surface area contributed by atoms with Gasteiger partial charge in [0.15, 0.2) is 6.61 Å². The van der Waals surface area contributed by atoms with Gasteiger partial charge in [0.2, 0.25) is 0 Å². The maximum Gasteiger partial charge on any atom is 0.271 e. The van der Waals surface area contributed by atoms with E-state index in [2.05, 4.69) is 5.32 Å². The number of amides is 1. The van der Waals surface area contributed by atoms with Crippen LogP contribution in [0.4, 0.5) is 5.69 Å². The van der Waals surface area contributed by atoms with E-state index in [0.29, 0.717) is 6.54 Å². The van der Waals surface area contributed by atoms with Crippen molar-refractivity contribution in [2.45, 2.75) is 18.7 Å². The van der Waals surface area contributed by atoms with E-state index < -0.39 is 37.1 Å². The van der Waals surface area contributed by atoms with Crippen LogP contribution in [0.2, 0.25) is 0 Å². The fourth-order valence-electron chi connectivity index (χ4n) is 1.58. The lowest BCUT2D eigenvalue weighted by atomic mass is 10.2. The Hall–Kier alpha value is -1.87. The summed E-state index contributed by atoms with van der Waals surface area (Å²) in [5, 5.41) is 13.2. The zero-order valence-corrected chi connectivity index (χ0v) is 12.8. The maximum atomic E-state index is 11.5. The Kier molecular flexibility index (Phi) is 5.50. The van der Waals surface area contributed by atoms with Crippen LogP contribution in [0.3, 0.4) is 0 Å². The molecule has 0 saturated carbocycles. The van der Waals surface area contributed by atoms with Crippen LogP contribution in [0, 0.1) is 17.0 Å². The van der Waals surface area contributed by atoms with Crippen molar-refractivity contribution in [1.29, 1.82) is 0 Å². The van der Waals surface area contributed by atoms with Gasteiger partial charge in [-0.25, -0.2) is 8.42 Å². The van der Waals surface area contributed by atoms with Gasteiger partial charge in [-0.05, 0) is 19.4 Å². The number of non-ortho nitro benzene ring substituents is 1. The highest BCUT2D eigenvalue weighted by molar-refractivity contribution is 8.13. The van der Waals surface area contributed by atoms with Crippen LogP contribution in [0.1, 0.15) is 12.5 Å². The maximum absolute atomic E-state index is 11.5. The highest BCUT2D eigenvalue weighted by Gasteiger charge is 2.24. The highest BCUT2D eigenvalue weighted by atomic mass is 35.7. The number of ether oxygens (including phenoxy) is 1. The molecule has 0 aromatic heterocycles. The number of hydrogen-bond donors (Lipinski definition) is 1. The largest absolute Gasteiger partial charge is 0.482 e. The number of nitro benzene ring substituents is 1. The van der Waals surface area contributed by atoms with Gasteiger partial charge in [-0.3, -0.25) is 14.9 Å². The lowest BCUT2D eigenvalue weighted by Crippen LogP contribution is -2.28. The van der Waals surface area contributed by atoms with Crippen molar-refractivity contribution < 1.29 is 22.9 Å². The van der Waals surface area contributed by atoms with Gasteiger partial charge in [-0.15, -0.1) is 0 Å². The minimum absolute atomic E-state index is 0.179. The number of nitrogens with one attached hydrogen (secondary N) is 1. The van der Waals surface area contributed by atoms with Gasteiger partial charge in [0.1, 0.15) is 10.6 Å². The van der Waals surface area contributed by atoms with Crippen molar-refractivity contribution in [2.24, 2.45) is 0 Å². The van der Waals surface area contributed by atoms with Crippen LogP contribution in [-0.4, -0.2) is 32.4 Å². The molecule has 0 aliphatic heterocycles. The quantitative estimate of drug-likeness (QED) is 0.476. The molecule has 10 heteroatoms. The Labute approximate surface area is 125 Å². The summed E-state index contributed by atoms with van der Waals surface area (Å²) in [6.07, 6.45) is 0. The Balaban J connectivity index is 3.24. The minimum atomic E-state index is -4.26. The number of nitro groups is 1. The first-order valence-electron chi connectivity index (χ1n) is 5.80. The second kappa shape index (κ2) is 6.72. The third-order valence-electron chi connectivity index (χ3n) is 2.42. The number of carbonyl (C=O) groups is 1. The molecule has 1 amide bonds. The minimum Gasteiger partial charge on any atom is -0.482 e. The molecule has 0 aliphatic carbocycles. The number of halogens is 1. The van der Waals surface area contributed by atoms with Crippen LogP contribution in [0.5, 0.6) is 5.75 Å². The molecule has 21 heavy (non-hydrogen) atoms. The summed E-state index contributed by atoms with van der Waals surface area (Å²) in [5.41, 5.74) is -0.246. The van der Waals surface area contributed by atoms with E-state index >= 15 is 0 Å². The van der Waals surface area contributed by atoms with E-state index in [9.17, 15) is 23.3 Å². The van der Waals surface area contributed by atoms with Gasteiger partial charge in [-0.2, -0.15) is 0 Å². The summed E-state index contributed by atoms with van der Waals surface area (Å²) in [4.78, 5) is 20.8. The predicted molar refractivity (Wildman–Crippen MR) is 75.1 cm³/mol. The Morgan fingerprint density at radius 1 is 1.48 bits per heavy atom. The molecule has 0 aliphatic rings. The summed E-state index contributed by atoms with van der Waals surface area (Å²) in [5.74, 6) is -0.630. The number of nitrogens with zero attached hydrogens (tertiary/aromatic N) is 1. The molecule has 116 valence electrons. The zero-order chi connectivity index (χ0) is 16.2. The third kappa shape index (κ3) is 4.57. The van der Waals surface area contributed by atoms with E-state index in [1.807, 2.05) is 0 Å². The molecule has 0 saturated heterocycles.